The summed E-state index contributed by atoms with van der Waals surface area (Å²) in [7, 11) is 0. The Morgan fingerprint density at radius 2 is 2.06 bits per heavy atom. The second-order valence-electron chi connectivity index (χ2n) is 3.46. The number of rotatable bonds is 1. The van der Waals surface area contributed by atoms with E-state index in [4.69, 9.17) is 10.2 Å². The van der Waals surface area contributed by atoms with E-state index in [-0.39, 0.29) is 5.69 Å². The summed E-state index contributed by atoms with van der Waals surface area (Å²) in [6.07, 6.45) is 0.190. The van der Waals surface area contributed by atoms with Crippen molar-refractivity contribution in [1.82, 2.24) is 9.55 Å². The van der Waals surface area contributed by atoms with Crippen LogP contribution in [0.4, 0.5) is 4.79 Å². The third kappa shape index (κ3) is 1.78. The van der Waals surface area contributed by atoms with Crippen LogP contribution in [-0.2, 0) is 0 Å². The van der Waals surface area contributed by atoms with Crippen LogP contribution in [-0.4, -0.2) is 31.8 Å². The van der Waals surface area contributed by atoms with Crippen molar-refractivity contribution in [3.8, 4) is 0 Å². The fourth-order valence-electron chi connectivity index (χ4n) is 1.58. The lowest BCUT2D eigenvalue weighted by Crippen LogP contribution is -2.08. The number of carboxylic acids is 1. The fourth-order valence-corrected chi connectivity index (χ4v) is 2.07. The van der Waals surface area contributed by atoms with Crippen LogP contribution in [0.2, 0.25) is 0 Å². The second kappa shape index (κ2) is 3.85. The SMILES string of the molecule is Cc1cc2c(nc1C(=O)O)c(Br)cn2C(=O)O. The predicted molar refractivity (Wildman–Crippen MR) is 62.6 cm³/mol. The average Bonchev–Trinajstić information content (AvgIpc) is 2.54. The van der Waals surface area contributed by atoms with Crippen LogP contribution in [0.5, 0.6) is 0 Å². The van der Waals surface area contributed by atoms with Crippen molar-refractivity contribution in [2.45, 2.75) is 6.92 Å². The van der Waals surface area contributed by atoms with Gasteiger partial charge in [-0.3, -0.25) is 0 Å². The topological polar surface area (TPSA) is 92.4 Å². The predicted octanol–water partition coefficient (Wildman–Crippen LogP) is 2.33. The van der Waals surface area contributed by atoms with Crippen LogP contribution < -0.4 is 0 Å². The van der Waals surface area contributed by atoms with Crippen LogP contribution >= 0.6 is 15.9 Å². The Kier molecular flexibility index (Phi) is 2.62. The van der Waals surface area contributed by atoms with E-state index in [1.165, 1.54) is 12.3 Å². The van der Waals surface area contributed by atoms with E-state index in [1.807, 2.05) is 0 Å². The maximum Gasteiger partial charge on any atom is 0.416 e. The molecule has 2 aromatic heterocycles. The van der Waals surface area contributed by atoms with Gasteiger partial charge < -0.3 is 10.2 Å². The van der Waals surface area contributed by atoms with Gasteiger partial charge in [-0.05, 0) is 34.5 Å². The summed E-state index contributed by atoms with van der Waals surface area (Å²) < 4.78 is 1.43. The molecule has 0 saturated heterocycles. The van der Waals surface area contributed by atoms with Crippen molar-refractivity contribution in [2.24, 2.45) is 0 Å². The molecule has 2 aromatic rings. The molecule has 0 aliphatic carbocycles. The van der Waals surface area contributed by atoms with Crippen molar-refractivity contribution in [2.75, 3.05) is 0 Å². The van der Waals surface area contributed by atoms with Crippen molar-refractivity contribution in [3.05, 3.63) is 28.0 Å². The molecule has 0 aromatic carbocycles. The highest BCUT2D eigenvalue weighted by atomic mass is 79.9. The molecular weight excluding hydrogens is 292 g/mol. The maximum absolute atomic E-state index is 11.0. The van der Waals surface area contributed by atoms with Crippen LogP contribution in [0.1, 0.15) is 16.1 Å². The van der Waals surface area contributed by atoms with E-state index >= 15 is 0 Å². The average molecular weight is 299 g/mol. The van der Waals surface area contributed by atoms with Gasteiger partial charge in [0.15, 0.2) is 5.69 Å². The molecule has 2 rings (SSSR count). The van der Waals surface area contributed by atoms with Gasteiger partial charge in [-0.25, -0.2) is 19.1 Å². The molecule has 0 aliphatic heterocycles. The lowest BCUT2D eigenvalue weighted by molar-refractivity contribution is 0.0690. The van der Waals surface area contributed by atoms with Crippen LogP contribution in [0.15, 0.2) is 16.7 Å². The standard InChI is InChI=1S/C10H7BrN2O4/c1-4-2-6-8(12-7(4)9(14)15)5(11)3-13(6)10(16)17/h2-3H,1H3,(H,14,15)(H,16,17). The zero-order valence-electron chi connectivity index (χ0n) is 8.64. The molecule has 88 valence electrons. The summed E-state index contributed by atoms with van der Waals surface area (Å²) in [5, 5.41) is 17.9. The minimum atomic E-state index is -1.15. The first-order valence-electron chi connectivity index (χ1n) is 4.56. The molecular formula is C10H7BrN2O4. The van der Waals surface area contributed by atoms with Gasteiger partial charge >= 0.3 is 12.1 Å². The van der Waals surface area contributed by atoms with Gasteiger partial charge in [0.1, 0.15) is 5.52 Å². The maximum atomic E-state index is 11.0. The summed E-state index contributed by atoms with van der Waals surface area (Å²) in [6.45, 7) is 1.57. The molecule has 17 heavy (non-hydrogen) atoms. The van der Waals surface area contributed by atoms with E-state index in [2.05, 4.69) is 20.9 Å². The van der Waals surface area contributed by atoms with Gasteiger partial charge in [-0.15, -0.1) is 0 Å². The van der Waals surface area contributed by atoms with Crippen molar-refractivity contribution in [3.63, 3.8) is 0 Å². The lowest BCUT2D eigenvalue weighted by Gasteiger charge is -2.02. The van der Waals surface area contributed by atoms with Gasteiger partial charge in [0, 0.05) is 6.20 Å². The monoisotopic (exact) mass is 298 g/mol. The molecule has 0 radical (unpaired) electrons. The number of carbonyl (C=O) groups is 2. The second-order valence-corrected chi connectivity index (χ2v) is 4.31. The Morgan fingerprint density at radius 3 is 2.59 bits per heavy atom. The highest BCUT2D eigenvalue weighted by molar-refractivity contribution is 9.10. The first kappa shape index (κ1) is 11.6. The zero-order chi connectivity index (χ0) is 12.7. The number of hydrogen-bond acceptors (Lipinski definition) is 3. The van der Waals surface area contributed by atoms with Crippen molar-refractivity contribution < 1.29 is 19.8 Å². The molecule has 7 heteroatoms. The molecule has 0 spiro atoms. The van der Waals surface area contributed by atoms with Crippen LogP contribution in [0.3, 0.4) is 0 Å². The summed E-state index contributed by atoms with van der Waals surface area (Å²) in [4.78, 5) is 25.8. The van der Waals surface area contributed by atoms with Crippen molar-refractivity contribution >= 4 is 39.0 Å². The molecule has 0 unspecified atom stereocenters. The molecule has 2 N–H and O–H groups in total. The smallest absolute Gasteiger partial charge is 0.416 e. The normalized spacial score (nSPS) is 10.7. The molecule has 6 nitrogen and oxygen atoms in total. The fraction of sp³-hybridized carbons (Fsp3) is 0.100. The zero-order valence-corrected chi connectivity index (χ0v) is 10.2. The van der Waals surface area contributed by atoms with E-state index in [0.717, 1.165) is 4.57 Å². The van der Waals surface area contributed by atoms with Gasteiger partial charge in [0.2, 0.25) is 0 Å². The summed E-state index contributed by atoms with van der Waals surface area (Å²) in [5.41, 5.74) is 1.00. The van der Waals surface area contributed by atoms with Gasteiger partial charge in [0.25, 0.3) is 0 Å². The number of aromatic nitrogens is 2. The van der Waals surface area contributed by atoms with Crippen LogP contribution in [0, 0.1) is 6.92 Å². The van der Waals surface area contributed by atoms with Crippen LogP contribution in [0.25, 0.3) is 11.0 Å². The number of nitrogens with zero attached hydrogens (tertiary/aromatic N) is 2. The summed E-state index contributed by atoms with van der Waals surface area (Å²) in [5.74, 6) is -1.14. The van der Waals surface area contributed by atoms with E-state index in [9.17, 15) is 9.59 Å². The van der Waals surface area contributed by atoms with E-state index < -0.39 is 12.1 Å². The Bertz CT molecular complexity index is 647. The number of aryl methyl sites for hydroxylation is 1. The summed E-state index contributed by atoms with van der Waals surface area (Å²) in [6, 6.07) is 1.49. The largest absolute Gasteiger partial charge is 0.477 e. The van der Waals surface area contributed by atoms with Gasteiger partial charge in [-0.1, -0.05) is 0 Å². The molecule has 0 saturated carbocycles. The number of pyridine rings is 1. The number of fused-ring (bicyclic) bond motifs is 1. The number of hydrogen-bond donors (Lipinski definition) is 2. The van der Waals surface area contributed by atoms with Gasteiger partial charge in [0.05, 0.1) is 9.99 Å². The molecule has 0 aliphatic rings. The quantitative estimate of drug-likeness (QED) is 0.843. The molecule has 0 atom stereocenters. The Balaban J connectivity index is 2.85. The minimum Gasteiger partial charge on any atom is -0.477 e. The highest BCUT2D eigenvalue weighted by Gasteiger charge is 2.17. The first-order valence-corrected chi connectivity index (χ1v) is 5.36. The number of aromatic carboxylic acids is 1. The molecule has 0 fully saturated rings. The van der Waals surface area contributed by atoms with Crippen molar-refractivity contribution in [1.29, 1.82) is 0 Å². The van der Waals surface area contributed by atoms with Gasteiger partial charge in [-0.2, -0.15) is 0 Å². The Labute approximate surface area is 104 Å². The first-order chi connectivity index (χ1) is 7.91. The molecule has 0 bridgehead atoms. The van der Waals surface area contributed by atoms with E-state index in [1.54, 1.807) is 6.92 Å². The highest BCUT2D eigenvalue weighted by Crippen LogP contribution is 2.26. The number of halogens is 1. The Morgan fingerprint density at radius 1 is 1.41 bits per heavy atom. The third-order valence-electron chi connectivity index (χ3n) is 2.33. The molecule has 2 heterocycles. The third-order valence-corrected chi connectivity index (χ3v) is 2.91. The van der Waals surface area contributed by atoms with E-state index in [0.29, 0.717) is 21.1 Å². The summed E-state index contributed by atoms with van der Waals surface area (Å²) >= 11 is 3.15. The molecule has 0 amide bonds. The lowest BCUT2D eigenvalue weighted by atomic mass is 10.2. The minimum absolute atomic E-state index is 0.0821. The Hall–Kier alpha value is -1.89. The number of carboxylic acid groups (broad SMARTS) is 2.